The zero-order chi connectivity index (χ0) is 14.6. The second-order valence-electron chi connectivity index (χ2n) is 4.38. The fraction of sp³-hybridized carbons (Fsp3) is 0.385. The quantitative estimate of drug-likeness (QED) is 0.820. The van der Waals surface area contributed by atoms with Crippen LogP contribution in [0.2, 0.25) is 0 Å². The van der Waals surface area contributed by atoms with E-state index >= 15 is 0 Å². The first kappa shape index (κ1) is 15.7. The summed E-state index contributed by atoms with van der Waals surface area (Å²) in [5, 5.41) is 6.67. The Balaban J connectivity index is 2.17. The standard InChI is InChI=1S/C13H18N2O2S3/c1-3-12(13-5-4-6-18-13)15-20(16,17)11-7-10(8-14-2)19-9-11/h4-7,9,12,14-15H,3,8H2,1-2H3. The number of thiophene rings is 2. The highest BCUT2D eigenvalue weighted by atomic mass is 32.2. The van der Waals surface area contributed by atoms with Crippen molar-refractivity contribution < 1.29 is 8.42 Å². The molecule has 1 atom stereocenters. The maximum Gasteiger partial charge on any atom is 0.241 e. The molecule has 0 fully saturated rings. The van der Waals surface area contributed by atoms with E-state index in [-0.39, 0.29) is 6.04 Å². The van der Waals surface area contributed by atoms with Crippen molar-refractivity contribution in [2.75, 3.05) is 7.05 Å². The molecule has 2 N–H and O–H groups in total. The Hall–Kier alpha value is -0.730. The first-order chi connectivity index (χ1) is 9.56. The van der Waals surface area contributed by atoms with Crippen molar-refractivity contribution in [3.8, 4) is 0 Å². The zero-order valence-corrected chi connectivity index (χ0v) is 13.9. The van der Waals surface area contributed by atoms with E-state index in [1.165, 1.54) is 11.3 Å². The third-order valence-corrected chi connectivity index (χ3v) is 6.41. The van der Waals surface area contributed by atoms with Crippen molar-refractivity contribution in [1.29, 1.82) is 0 Å². The van der Waals surface area contributed by atoms with E-state index < -0.39 is 10.0 Å². The van der Waals surface area contributed by atoms with Gasteiger partial charge < -0.3 is 5.32 Å². The molecule has 2 aromatic rings. The fourth-order valence-corrected chi connectivity index (χ4v) is 5.38. The Morgan fingerprint density at radius 1 is 1.35 bits per heavy atom. The monoisotopic (exact) mass is 330 g/mol. The highest BCUT2D eigenvalue weighted by Crippen LogP contribution is 2.25. The van der Waals surface area contributed by atoms with Crippen molar-refractivity contribution in [2.45, 2.75) is 30.8 Å². The van der Waals surface area contributed by atoms with Crippen molar-refractivity contribution in [2.24, 2.45) is 0 Å². The van der Waals surface area contributed by atoms with Crippen LogP contribution in [0.5, 0.6) is 0 Å². The molecule has 2 aromatic heterocycles. The fourth-order valence-electron chi connectivity index (χ4n) is 1.86. The normalized spacial score (nSPS) is 13.5. The van der Waals surface area contributed by atoms with Crippen LogP contribution in [0.3, 0.4) is 0 Å². The highest BCUT2D eigenvalue weighted by molar-refractivity contribution is 7.89. The van der Waals surface area contributed by atoms with Crippen LogP contribution in [0.4, 0.5) is 0 Å². The summed E-state index contributed by atoms with van der Waals surface area (Å²) in [6.45, 7) is 2.66. The van der Waals surface area contributed by atoms with Crippen LogP contribution in [0.15, 0.2) is 33.9 Å². The van der Waals surface area contributed by atoms with Crippen LogP contribution < -0.4 is 10.0 Å². The predicted octanol–water partition coefficient (Wildman–Crippen LogP) is 2.96. The Bertz CT molecular complexity index is 632. The summed E-state index contributed by atoms with van der Waals surface area (Å²) in [6.07, 6.45) is 0.729. The van der Waals surface area contributed by atoms with Crippen molar-refractivity contribution >= 4 is 32.7 Å². The van der Waals surface area contributed by atoms with E-state index in [4.69, 9.17) is 0 Å². The minimum absolute atomic E-state index is 0.160. The molecular formula is C13H18N2O2S3. The van der Waals surface area contributed by atoms with Crippen LogP contribution in [-0.2, 0) is 16.6 Å². The molecule has 1 unspecified atom stereocenters. The summed E-state index contributed by atoms with van der Waals surface area (Å²) >= 11 is 3.02. The van der Waals surface area contributed by atoms with Gasteiger partial charge in [0.2, 0.25) is 10.0 Å². The molecule has 0 amide bonds. The Morgan fingerprint density at radius 2 is 2.15 bits per heavy atom. The number of hydrogen-bond donors (Lipinski definition) is 2. The lowest BCUT2D eigenvalue weighted by Crippen LogP contribution is -2.27. The molecule has 0 aliphatic rings. The molecule has 0 aliphatic heterocycles. The SMILES string of the molecule is CCC(NS(=O)(=O)c1csc(CNC)c1)c1cccs1. The van der Waals surface area contributed by atoms with Gasteiger partial charge in [-0.25, -0.2) is 13.1 Å². The lowest BCUT2D eigenvalue weighted by molar-refractivity contribution is 0.553. The average molecular weight is 331 g/mol. The maximum absolute atomic E-state index is 12.4. The van der Waals surface area contributed by atoms with Gasteiger partial charge >= 0.3 is 0 Å². The molecule has 0 aliphatic carbocycles. The van der Waals surface area contributed by atoms with Crippen LogP contribution in [0.25, 0.3) is 0 Å². The molecule has 110 valence electrons. The molecular weight excluding hydrogens is 312 g/mol. The summed E-state index contributed by atoms with van der Waals surface area (Å²) in [4.78, 5) is 2.40. The van der Waals surface area contributed by atoms with Gasteiger partial charge in [0, 0.05) is 21.7 Å². The summed E-state index contributed by atoms with van der Waals surface area (Å²) in [7, 11) is -1.61. The van der Waals surface area contributed by atoms with Crippen LogP contribution in [0, 0.1) is 0 Å². The zero-order valence-electron chi connectivity index (χ0n) is 11.4. The third kappa shape index (κ3) is 3.67. The topological polar surface area (TPSA) is 58.2 Å². The van der Waals surface area contributed by atoms with E-state index in [9.17, 15) is 8.42 Å². The second kappa shape index (κ2) is 6.82. The van der Waals surface area contributed by atoms with Gasteiger partial charge in [-0.1, -0.05) is 13.0 Å². The molecule has 2 heterocycles. The van der Waals surface area contributed by atoms with E-state index in [0.717, 1.165) is 16.2 Å². The largest absolute Gasteiger partial charge is 0.315 e. The number of rotatable bonds is 7. The molecule has 0 radical (unpaired) electrons. The van der Waals surface area contributed by atoms with Gasteiger partial charge in [-0.05, 0) is 31.0 Å². The van der Waals surface area contributed by atoms with Crippen LogP contribution >= 0.6 is 22.7 Å². The Morgan fingerprint density at radius 3 is 2.75 bits per heavy atom. The van der Waals surface area contributed by atoms with Crippen molar-refractivity contribution in [3.05, 3.63) is 38.7 Å². The molecule has 7 heteroatoms. The smallest absolute Gasteiger partial charge is 0.241 e. The van der Waals surface area contributed by atoms with Gasteiger partial charge in [-0.2, -0.15) is 0 Å². The molecule has 0 saturated carbocycles. The predicted molar refractivity (Wildman–Crippen MR) is 84.8 cm³/mol. The first-order valence-corrected chi connectivity index (χ1v) is 9.58. The minimum atomic E-state index is -3.46. The number of hydrogen-bond acceptors (Lipinski definition) is 5. The summed E-state index contributed by atoms with van der Waals surface area (Å²) in [5.74, 6) is 0. The lowest BCUT2D eigenvalue weighted by atomic mass is 10.2. The molecule has 0 spiro atoms. The van der Waals surface area contributed by atoms with Gasteiger partial charge in [-0.3, -0.25) is 0 Å². The van der Waals surface area contributed by atoms with E-state index in [2.05, 4.69) is 10.0 Å². The van der Waals surface area contributed by atoms with Crippen LogP contribution in [-0.4, -0.2) is 15.5 Å². The number of sulfonamides is 1. The maximum atomic E-state index is 12.4. The van der Waals surface area contributed by atoms with E-state index in [1.54, 1.807) is 22.8 Å². The van der Waals surface area contributed by atoms with Crippen molar-refractivity contribution in [1.82, 2.24) is 10.0 Å². The van der Waals surface area contributed by atoms with E-state index in [0.29, 0.717) is 11.4 Å². The summed E-state index contributed by atoms with van der Waals surface area (Å²) < 4.78 is 27.6. The average Bonchev–Trinajstić information content (AvgIpc) is 3.07. The Labute approximate surface area is 127 Å². The first-order valence-electron chi connectivity index (χ1n) is 6.34. The summed E-state index contributed by atoms with van der Waals surface area (Å²) in [6, 6.07) is 5.46. The Kier molecular flexibility index (Phi) is 5.34. The van der Waals surface area contributed by atoms with Crippen molar-refractivity contribution in [3.63, 3.8) is 0 Å². The second-order valence-corrected chi connectivity index (χ2v) is 8.07. The number of nitrogens with one attached hydrogen (secondary N) is 2. The molecule has 2 rings (SSSR count). The van der Waals surface area contributed by atoms with Gasteiger partial charge in [0.05, 0.1) is 10.9 Å². The third-order valence-electron chi connectivity index (χ3n) is 2.88. The van der Waals surface area contributed by atoms with Gasteiger partial charge in [-0.15, -0.1) is 22.7 Å². The minimum Gasteiger partial charge on any atom is -0.315 e. The molecule has 20 heavy (non-hydrogen) atoms. The molecule has 0 bridgehead atoms. The van der Waals surface area contributed by atoms with Gasteiger partial charge in [0.1, 0.15) is 0 Å². The van der Waals surface area contributed by atoms with E-state index in [1.807, 2.05) is 31.5 Å². The lowest BCUT2D eigenvalue weighted by Gasteiger charge is -2.14. The van der Waals surface area contributed by atoms with Crippen LogP contribution in [0.1, 0.15) is 29.1 Å². The molecule has 0 saturated heterocycles. The highest BCUT2D eigenvalue weighted by Gasteiger charge is 2.22. The summed E-state index contributed by atoms with van der Waals surface area (Å²) in [5.41, 5.74) is 0. The molecule has 0 aromatic carbocycles. The van der Waals surface area contributed by atoms with Gasteiger partial charge in [0.25, 0.3) is 0 Å². The van der Waals surface area contributed by atoms with Gasteiger partial charge in [0.15, 0.2) is 0 Å². The molecule has 4 nitrogen and oxygen atoms in total.